The molecule has 0 radical (unpaired) electrons. The molecule has 2 atom stereocenters. The van der Waals surface area contributed by atoms with Crippen molar-refractivity contribution in [3.8, 4) is 0 Å². The van der Waals surface area contributed by atoms with Gasteiger partial charge in [-0.05, 0) is 6.42 Å². The fourth-order valence-corrected chi connectivity index (χ4v) is 3.60. The van der Waals surface area contributed by atoms with Crippen LogP contribution in [-0.2, 0) is 9.53 Å². The summed E-state index contributed by atoms with van der Waals surface area (Å²) in [6, 6.07) is 0. The summed E-state index contributed by atoms with van der Waals surface area (Å²) in [7, 11) is 1.65. The topological polar surface area (TPSA) is 67.6 Å². The number of carbonyl (C=O) groups is 1. The fraction of sp³-hybridized carbons (Fsp3) is 0.950. The Morgan fingerprint density at radius 2 is 1.48 bits per heavy atom. The third-order valence-electron chi connectivity index (χ3n) is 5.26. The Morgan fingerprint density at radius 3 is 2.00 bits per heavy atom. The minimum atomic E-state index is -0.132. The van der Waals surface area contributed by atoms with Crippen molar-refractivity contribution in [3.05, 3.63) is 0 Å². The summed E-state index contributed by atoms with van der Waals surface area (Å²) in [6.07, 6.45) is 15.9. The number of ether oxygens (including phenoxy) is 1. The van der Waals surface area contributed by atoms with Crippen molar-refractivity contribution >= 4 is 5.91 Å². The summed E-state index contributed by atoms with van der Waals surface area (Å²) in [4.78, 5) is 12.2. The van der Waals surface area contributed by atoms with Gasteiger partial charge in [-0.15, -0.1) is 0 Å². The maximum absolute atomic E-state index is 12.2. The van der Waals surface area contributed by atoms with E-state index in [4.69, 9.17) is 10.6 Å². The van der Waals surface area contributed by atoms with E-state index in [9.17, 15) is 4.79 Å². The highest BCUT2D eigenvalue weighted by Crippen LogP contribution is 2.17. The van der Waals surface area contributed by atoms with E-state index in [1.807, 2.05) is 0 Å². The number of rotatable bonds is 15. The molecule has 0 saturated carbocycles. The van der Waals surface area contributed by atoms with E-state index in [1.54, 1.807) is 12.1 Å². The minimum absolute atomic E-state index is 0.0769. The summed E-state index contributed by atoms with van der Waals surface area (Å²) in [6.45, 7) is 4.26. The van der Waals surface area contributed by atoms with Gasteiger partial charge in [0.1, 0.15) is 0 Å². The molecule has 1 saturated heterocycles. The zero-order chi connectivity index (χ0) is 18.3. The van der Waals surface area contributed by atoms with Crippen LogP contribution < -0.4 is 11.2 Å². The average molecular weight is 356 g/mol. The number of nitrogens with zero attached hydrogens (tertiary/aromatic N) is 1. The molecule has 0 aromatic rings. The van der Waals surface area contributed by atoms with Crippen LogP contribution in [0.5, 0.6) is 0 Å². The predicted octanol–water partition coefficient (Wildman–Crippen LogP) is 3.62. The van der Waals surface area contributed by atoms with Crippen LogP contribution >= 0.6 is 0 Å². The maximum atomic E-state index is 12.2. The molecule has 0 spiro atoms. The molecule has 0 bridgehead atoms. The molecule has 1 rings (SSSR count). The molecule has 1 aliphatic heterocycles. The quantitative estimate of drug-likeness (QED) is 0.348. The van der Waals surface area contributed by atoms with Gasteiger partial charge in [-0.3, -0.25) is 10.6 Å². The predicted molar refractivity (Wildman–Crippen MR) is 104 cm³/mol. The van der Waals surface area contributed by atoms with Crippen molar-refractivity contribution in [3.63, 3.8) is 0 Å². The highest BCUT2D eigenvalue weighted by molar-refractivity contribution is 5.79. The van der Waals surface area contributed by atoms with Gasteiger partial charge in [0.25, 0.3) is 0 Å². The van der Waals surface area contributed by atoms with Crippen LogP contribution in [0.4, 0.5) is 0 Å². The summed E-state index contributed by atoms with van der Waals surface area (Å²) in [5, 5.41) is 4.71. The number of methoxy groups -OCH3 is 1. The van der Waals surface area contributed by atoms with Crippen LogP contribution in [0.2, 0.25) is 0 Å². The maximum Gasteiger partial charge on any atom is 0.227 e. The molecule has 1 fully saturated rings. The first kappa shape index (κ1) is 22.4. The van der Waals surface area contributed by atoms with Crippen molar-refractivity contribution in [2.75, 3.05) is 26.7 Å². The van der Waals surface area contributed by atoms with Crippen molar-refractivity contribution in [1.82, 2.24) is 10.3 Å². The Kier molecular flexibility index (Phi) is 13.0. The number of amides is 1. The SMILES string of the molecule is CCCCCCCCCCCCCCNC(=O)[C@@H]1CN(N)C[C@@H]1OC. The van der Waals surface area contributed by atoms with Crippen LogP contribution in [0, 0.1) is 5.92 Å². The summed E-state index contributed by atoms with van der Waals surface area (Å²) < 4.78 is 5.35. The number of hydrazine groups is 1. The molecule has 1 heterocycles. The molecule has 0 aromatic heterocycles. The fourth-order valence-electron chi connectivity index (χ4n) is 3.60. The van der Waals surface area contributed by atoms with Crippen LogP contribution in [-0.4, -0.2) is 43.8 Å². The first-order chi connectivity index (χ1) is 12.2. The number of hydrogen-bond acceptors (Lipinski definition) is 4. The van der Waals surface area contributed by atoms with Gasteiger partial charge < -0.3 is 10.1 Å². The molecule has 0 unspecified atom stereocenters. The summed E-state index contributed by atoms with van der Waals surface area (Å²) >= 11 is 0. The molecular weight excluding hydrogens is 314 g/mol. The summed E-state index contributed by atoms with van der Waals surface area (Å²) in [5.74, 6) is 5.73. The molecule has 0 aromatic carbocycles. The Morgan fingerprint density at radius 1 is 0.960 bits per heavy atom. The van der Waals surface area contributed by atoms with E-state index in [0.29, 0.717) is 13.1 Å². The van der Waals surface area contributed by atoms with E-state index >= 15 is 0 Å². The molecule has 5 heteroatoms. The third-order valence-corrected chi connectivity index (χ3v) is 5.26. The van der Waals surface area contributed by atoms with Gasteiger partial charge in [-0.2, -0.15) is 0 Å². The van der Waals surface area contributed by atoms with Gasteiger partial charge in [-0.25, -0.2) is 5.01 Å². The number of nitrogens with two attached hydrogens (primary N) is 1. The number of hydrogen-bond donors (Lipinski definition) is 2. The molecule has 3 N–H and O–H groups in total. The lowest BCUT2D eigenvalue weighted by atomic mass is 10.0. The largest absolute Gasteiger partial charge is 0.379 e. The van der Waals surface area contributed by atoms with Gasteiger partial charge in [0.15, 0.2) is 0 Å². The second-order valence-corrected chi connectivity index (χ2v) is 7.51. The monoisotopic (exact) mass is 355 g/mol. The molecule has 0 aliphatic carbocycles. The van der Waals surface area contributed by atoms with Gasteiger partial charge in [-0.1, -0.05) is 77.6 Å². The number of nitrogens with one attached hydrogen (secondary N) is 1. The van der Waals surface area contributed by atoms with Gasteiger partial charge in [0.2, 0.25) is 5.91 Å². The molecule has 5 nitrogen and oxygen atoms in total. The van der Waals surface area contributed by atoms with Crippen LogP contribution in [0.25, 0.3) is 0 Å². The normalized spacial score (nSPS) is 20.9. The molecular formula is C20H41N3O2. The first-order valence-electron chi connectivity index (χ1n) is 10.5. The average Bonchev–Trinajstić information content (AvgIpc) is 3.00. The molecule has 148 valence electrons. The Bertz CT molecular complexity index is 339. The highest BCUT2D eigenvalue weighted by atomic mass is 16.5. The van der Waals surface area contributed by atoms with Crippen LogP contribution in [0.15, 0.2) is 0 Å². The van der Waals surface area contributed by atoms with Crippen molar-refractivity contribution < 1.29 is 9.53 Å². The lowest BCUT2D eigenvalue weighted by Crippen LogP contribution is -2.38. The standard InChI is InChI=1S/C20H41N3O2/c1-3-4-5-6-7-8-9-10-11-12-13-14-15-22-20(24)18-16-23(21)17-19(18)25-2/h18-19H,3-17,21H2,1-2H3,(H,22,24)/t18-,19+/m1/s1. The van der Waals surface area contributed by atoms with E-state index in [0.717, 1.165) is 13.0 Å². The summed E-state index contributed by atoms with van der Waals surface area (Å²) in [5.41, 5.74) is 0. The smallest absolute Gasteiger partial charge is 0.227 e. The van der Waals surface area contributed by atoms with Gasteiger partial charge in [0, 0.05) is 26.7 Å². The minimum Gasteiger partial charge on any atom is -0.379 e. The Balaban J connectivity index is 1.88. The van der Waals surface area contributed by atoms with Crippen molar-refractivity contribution in [2.24, 2.45) is 11.8 Å². The Labute approximate surface area is 155 Å². The zero-order valence-corrected chi connectivity index (χ0v) is 16.6. The Hall–Kier alpha value is -0.650. The highest BCUT2D eigenvalue weighted by Gasteiger charge is 2.36. The number of unbranched alkanes of at least 4 members (excludes halogenated alkanes) is 11. The molecule has 1 amide bonds. The third kappa shape index (κ3) is 10.2. The van der Waals surface area contributed by atoms with E-state index < -0.39 is 0 Å². The van der Waals surface area contributed by atoms with Crippen molar-refractivity contribution in [1.29, 1.82) is 0 Å². The lowest BCUT2D eigenvalue weighted by Gasteiger charge is -2.16. The van der Waals surface area contributed by atoms with E-state index in [-0.39, 0.29) is 17.9 Å². The van der Waals surface area contributed by atoms with Gasteiger partial charge >= 0.3 is 0 Å². The lowest BCUT2D eigenvalue weighted by molar-refractivity contribution is -0.127. The second-order valence-electron chi connectivity index (χ2n) is 7.51. The van der Waals surface area contributed by atoms with Crippen LogP contribution in [0.1, 0.15) is 84.0 Å². The van der Waals surface area contributed by atoms with Gasteiger partial charge in [0.05, 0.1) is 12.0 Å². The zero-order valence-electron chi connectivity index (χ0n) is 16.6. The molecule has 25 heavy (non-hydrogen) atoms. The van der Waals surface area contributed by atoms with Crippen LogP contribution in [0.3, 0.4) is 0 Å². The van der Waals surface area contributed by atoms with E-state index in [1.165, 1.54) is 70.6 Å². The van der Waals surface area contributed by atoms with E-state index in [2.05, 4.69) is 12.2 Å². The number of carbonyl (C=O) groups excluding carboxylic acids is 1. The van der Waals surface area contributed by atoms with Crippen molar-refractivity contribution in [2.45, 2.75) is 90.1 Å². The first-order valence-corrected chi connectivity index (χ1v) is 10.5. The molecule has 1 aliphatic rings. The second kappa shape index (κ2) is 14.5.